The van der Waals surface area contributed by atoms with Gasteiger partial charge in [-0.25, -0.2) is 0 Å². The average Bonchev–Trinajstić information content (AvgIpc) is 2.47. The van der Waals surface area contributed by atoms with Gasteiger partial charge in [-0.3, -0.25) is 4.98 Å². The molecule has 106 valence electrons. The molecule has 0 atom stereocenters. The zero-order chi connectivity index (χ0) is 13.9. The summed E-state index contributed by atoms with van der Waals surface area (Å²) >= 11 is 3.55. The van der Waals surface area contributed by atoms with Crippen molar-refractivity contribution < 1.29 is 0 Å². The molecular formula is C16H20BrN3. The number of aromatic nitrogens is 1. The lowest BCUT2D eigenvalue weighted by atomic mass is 10.1. The number of hydrogen-bond acceptors (Lipinski definition) is 3. The molecule has 4 heteroatoms. The normalized spacial score (nSPS) is 15.8. The summed E-state index contributed by atoms with van der Waals surface area (Å²) in [6, 6.07) is 8.69. The molecule has 1 N–H and O–H groups in total. The SMILES string of the molecule is CCCc1cc(N2CCNCC2)c2ccc(Br)cc2n1. The van der Waals surface area contributed by atoms with E-state index in [1.807, 2.05) is 0 Å². The maximum atomic E-state index is 4.81. The standard InChI is InChI=1S/C16H20BrN3/c1-2-3-13-11-16(20-8-6-18-7-9-20)14-5-4-12(17)10-15(14)19-13/h4-5,10-11,18H,2-3,6-9H2,1H3. The maximum absolute atomic E-state index is 4.81. The van der Waals surface area contributed by atoms with Crippen LogP contribution in [0.2, 0.25) is 0 Å². The smallest absolute Gasteiger partial charge is 0.0737 e. The van der Waals surface area contributed by atoms with Crippen LogP contribution < -0.4 is 10.2 Å². The van der Waals surface area contributed by atoms with Gasteiger partial charge < -0.3 is 10.2 Å². The van der Waals surface area contributed by atoms with Gasteiger partial charge in [0.25, 0.3) is 0 Å². The Morgan fingerprint density at radius 3 is 2.80 bits per heavy atom. The summed E-state index contributed by atoms with van der Waals surface area (Å²) < 4.78 is 1.09. The molecule has 0 unspecified atom stereocenters. The van der Waals surface area contributed by atoms with Crippen molar-refractivity contribution in [1.82, 2.24) is 10.3 Å². The van der Waals surface area contributed by atoms with E-state index in [4.69, 9.17) is 4.98 Å². The molecule has 0 spiro atoms. The summed E-state index contributed by atoms with van der Waals surface area (Å²) in [7, 11) is 0. The highest BCUT2D eigenvalue weighted by Crippen LogP contribution is 2.29. The Kier molecular flexibility index (Phi) is 4.22. The molecule has 0 aliphatic carbocycles. The Bertz CT molecular complexity index is 606. The van der Waals surface area contributed by atoms with Gasteiger partial charge in [0.1, 0.15) is 0 Å². The summed E-state index contributed by atoms with van der Waals surface area (Å²) in [5.41, 5.74) is 3.64. The molecule has 1 aromatic carbocycles. The zero-order valence-electron chi connectivity index (χ0n) is 11.8. The summed E-state index contributed by atoms with van der Waals surface area (Å²) in [5.74, 6) is 0. The quantitative estimate of drug-likeness (QED) is 0.933. The Morgan fingerprint density at radius 2 is 2.05 bits per heavy atom. The molecule has 1 aliphatic heterocycles. The highest BCUT2D eigenvalue weighted by atomic mass is 79.9. The number of halogens is 1. The predicted molar refractivity (Wildman–Crippen MR) is 88.5 cm³/mol. The second-order valence-electron chi connectivity index (χ2n) is 5.28. The molecule has 1 aliphatic rings. The molecule has 2 aromatic rings. The van der Waals surface area contributed by atoms with Crippen molar-refractivity contribution in [3.8, 4) is 0 Å². The number of nitrogens with zero attached hydrogens (tertiary/aromatic N) is 2. The van der Waals surface area contributed by atoms with E-state index in [1.165, 1.54) is 16.8 Å². The number of aryl methyl sites for hydroxylation is 1. The molecule has 1 fully saturated rings. The molecule has 20 heavy (non-hydrogen) atoms. The second kappa shape index (κ2) is 6.10. The number of piperazine rings is 1. The van der Waals surface area contributed by atoms with Crippen LogP contribution in [0.4, 0.5) is 5.69 Å². The molecule has 0 amide bonds. The molecule has 1 saturated heterocycles. The lowest BCUT2D eigenvalue weighted by Crippen LogP contribution is -2.43. The Hall–Kier alpha value is -1.13. The van der Waals surface area contributed by atoms with Gasteiger partial charge in [0.15, 0.2) is 0 Å². The number of anilines is 1. The highest BCUT2D eigenvalue weighted by Gasteiger charge is 2.15. The fourth-order valence-electron chi connectivity index (χ4n) is 2.79. The van der Waals surface area contributed by atoms with E-state index in [-0.39, 0.29) is 0 Å². The Morgan fingerprint density at radius 1 is 1.25 bits per heavy atom. The van der Waals surface area contributed by atoms with E-state index in [1.54, 1.807) is 0 Å². The molecule has 0 saturated carbocycles. The van der Waals surface area contributed by atoms with Gasteiger partial charge in [0.2, 0.25) is 0 Å². The Balaban J connectivity index is 2.11. The molecule has 3 rings (SSSR count). The number of nitrogens with one attached hydrogen (secondary N) is 1. The summed E-state index contributed by atoms with van der Waals surface area (Å²) in [6.45, 7) is 6.46. The van der Waals surface area contributed by atoms with Crippen molar-refractivity contribution >= 4 is 32.5 Å². The van der Waals surface area contributed by atoms with Crippen LogP contribution in [0, 0.1) is 0 Å². The number of benzene rings is 1. The van der Waals surface area contributed by atoms with E-state index in [0.717, 1.165) is 49.0 Å². The lowest BCUT2D eigenvalue weighted by molar-refractivity contribution is 0.590. The van der Waals surface area contributed by atoms with Gasteiger partial charge in [-0.1, -0.05) is 29.3 Å². The van der Waals surface area contributed by atoms with E-state index >= 15 is 0 Å². The van der Waals surface area contributed by atoms with Gasteiger partial charge in [0, 0.05) is 47.4 Å². The minimum atomic E-state index is 1.04. The zero-order valence-corrected chi connectivity index (χ0v) is 13.4. The third kappa shape index (κ3) is 2.81. The van der Waals surface area contributed by atoms with Gasteiger partial charge in [-0.05, 0) is 30.7 Å². The van der Waals surface area contributed by atoms with Crippen LogP contribution in [0.25, 0.3) is 10.9 Å². The number of rotatable bonds is 3. The largest absolute Gasteiger partial charge is 0.368 e. The van der Waals surface area contributed by atoms with E-state index in [2.05, 4.69) is 57.3 Å². The molecule has 2 heterocycles. The van der Waals surface area contributed by atoms with Crippen molar-refractivity contribution in [3.05, 3.63) is 34.4 Å². The van der Waals surface area contributed by atoms with Crippen molar-refractivity contribution in [2.45, 2.75) is 19.8 Å². The molecule has 1 aromatic heterocycles. The van der Waals surface area contributed by atoms with Crippen LogP contribution in [-0.2, 0) is 6.42 Å². The second-order valence-corrected chi connectivity index (χ2v) is 6.20. The first-order chi connectivity index (χ1) is 9.78. The first-order valence-electron chi connectivity index (χ1n) is 7.33. The van der Waals surface area contributed by atoms with Crippen LogP contribution in [0.5, 0.6) is 0 Å². The van der Waals surface area contributed by atoms with Crippen LogP contribution >= 0.6 is 15.9 Å². The van der Waals surface area contributed by atoms with Crippen molar-refractivity contribution in [2.24, 2.45) is 0 Å². The average molecular weight is 334 g/mol. The van der Waals surface area contributed by atoms with Crippen LogP contribution in [-0.4, -0.2) is 31.2 Å². The fraction of sp³-hybridized carbons (Fsp3) is 0.438. The minimum absolute atomic E-state index is 1.04. The van der Waals surface area contributed by atoms with Gasteiger partial charge in [-0.2, -0.15) is 0 Å². The third-order valence-corrected chi connectivity index (χ3v) is 4.26. The summed E-state index contributed by atoms with van der Waals surface area (Å²) in [6.07, 6.45) is 2.18. The summed E-state index contributed by atoms with van der Waals surface area (Å²) in [5, 5.41) is 4.68. The summed E-state index contributed by atoms with van der Waals surface area (Å²) in [4.78, 5) is 7.29. The van der Waals surface area contributed by atoms with Crippen LogP contribution in [0.3, 0.4) is 0 Å². The van der Waals surface area contributed by atoms with E-state index in [0.29, 0.717) is 0 Å². The van der Waals surface area contributed by atoms with Crippen LogP contribution in [0.15, 0.2) is 28.7 Å². The van der Waals surface area contributed by atoms with Crippen LogP contribution in [0.1, 0.15) is 19.0 Å². The van der Waals surface area contributed by atoms with Gasteiger partial charge in [0.05, 0.1) is 5.52 Å². The minimum Gasteiger partial charge on any atom is -0.368 e. The number of hydrogen-bond donors (Lipinski definition) is 1. The molecule has 3 nitrogen and oxygen atoms in total. The van der Waals surface area contributed by atoms with Crippen molar-refractivity contribution in [1.29, 1.82) is 0 Å². The Labute approximate surface area is 128 Å². The van der Waals surface area contributed by atoms with Gasteiger partial charge >= 0.3 is 0 Å². The van der Waals surface area contributed by atoms with E-state index < -0.39 is 0 Å². The first kappa shape index (κ1) is 13.8. The monoisotopic (exact) mass is 333 g/mol. The maximum Gasteiger partial charge on any atom is 0.0737 e. The lowest BCUT2D eigenvalue weighted by Gasteiger charge is -2.30. The topological polar surface area (TPSA) is 28.2 Å². The molecule has 0 radical (unpaired) electrons. The first-order valence-corrected chi connectivity index (χ1v) is 8.12. The molecule has 0 bridgehead atoms. The van der Waals surface area contributed by atoms with E-state index in [9.17, 15) is 0 Å². The third-order valence-electron chi connectivity index (χ3n) is 3.77. The fourth-order valence-corrected chi connectivity index (χ4v) is 3.14. The van der Waals surface area contributed by atoms with Gasteiger partial charge in [-0.15, -0.1) is 0 Å². The van der Waals surface area contributed by atoms with Crippen molar-refractivity contribution in [2.75, 3.05) is 31.1 Å². The number of fused-ring (bicyclic) bond motifs is 1. The number of pyridine rings is 1. The molecular weight excluding hydrogens is 314 g/mol. The van der Waals surface area contributed by atoms with Crippen molar-refractivity contribution in [3.63, 3.8) is 0 Å². The highest BCUT2D eigenvalue weighted by molar-refractivity contribution is 9.10. The predicted octanol–water partition coefficient (Wildman–Crippen LogP) is 3.36.